The molecule has 7 heteroatoms. The van der Waals surface area contributed by atoms with Gasteiger partial charge in [0.05, 0.1) is 13.2 Å². The van der Waals surface area contributed by atoms with Gasteiger partial charge in [-0.2, -0.15) is 0 Å². The van der Waals surface area contributed by atoms with E-state index in [1.807, 2.05) is 13.8 Å². The van der Waals surface area contributed by atoms with Crippen molar-refractivity contribution in [2.24, 2.45) is 7.05 Å². The molecule has 0 bridgehead atoms. The Morgan fingerprint density at radius 2 is 1.76 bits per heavy atom. The largest absolute Gasteiger partial charge is 0.461 e. The Balaban J connectivity index is 3.24. The second-order valence-corrected chi connectivity index (χ2v) is 6.97. The fourth-order valence-electron chi connectivity index (χ4n) is 2.85. The number of rotatable bonds is 7. The van der Waals surface area contributed by atoms with Crippen molar-refractivity contribution >= 4 is 29.3 Å². The van der Waals surface area contributed by atoms with Crippen LogP contribution in [0.2, 0.25) is 0 Å². The van der Waals surface area contributed by atoms with Crippen molar-refractivity contribution in [2.75, 3.05) is 13.2 Å². The number of carbonyl (C=O) groups is 3. The van der Waals surface area contributed by atoms with Gasteiger partial charge in [-0.3, -0.25) is 9.59 Å². The molecule has 0 spiro atoms. The van der Waals surface area contributed by atoms with Gasteiger partial charge in [-0.25, -0.2) is 4.79 Å². The van der Waals surface area contributed by atoms with Gasteiger partial charge in [0, 0.05) is 24.3 Å². The topological polar surface area (TPSA) is 68.6 Å². The number of alkyl halides is 1. The van der Waals surface area contributed by atoms with Crippen LogP contribution in [0.3, 0.4) is 0 Å². The molecule has 25 heavy (non-hydrogen) atoms. The van der Waals surface area contributed by atoms with Crippen LogP contribution in [0.4, 0.5) is 0 Å². The predicted octanol–water partition coefficient (Wildman–Crippen LogP) is 2.87. The molecule has 0 radical (unpaired) electrons. The second-order valence-electron chi connectivity index (χ2n) is 6.31. The Morgan fingerprint density at radius 3 is 2.20 bits per heavy atom. The summed E-state index contributed by atoms with van der Waals surface area (Å²) in [6.45, 7) is 10.7. The lowest BCUT2D eigenvalue weighted by molar-refractivity contribution is -0.131. The maximum atomic E-state index is 12.9. The maximum Gasteiger partial charge on any atom is 0.355 e. The van der Waals surface area contributed by atoms with Crippen LogP contribution in [0.5, 0.6) is 0 Å². The summed E-state index contributed by atoms with van der Waals surface area (Å²) in [5, 5.41) is -0.705. The van der Waals surface area contributed by atoms with Crippen molar-refractivity contribution in [1.82, 2.24) is 9.47 Å². The van der Waals surface area contributed by atoms with E-state index >= 15 is 0 Å². The van der Waals surface area contributed by atoms with Gasteiger partial charge in [0.1, 0.15) is 11.1 Å². The van der Waals surface area contributed by atoms with Gasteiger partial charge in [-0.1, -0.05) is 0 Å². The number of carbonyl (C=O) groups excluding carboxylic acids is 3. The van der Waals surface area contributed by atoms with E-state index in [0.29, 0.717) is 22.5 Å². The molecule has 1 aromatic rings. The molecule has 0 fully saturated rings. The van der Waals surface area contributed by atoms with E-state index in [0.717, 1.165) is 0 Å². The third kappa shape index (κ3) is 4.42. The molecule has 0 aliphatic carbocycles. The first-order valence-electron chi connectivity index (χ1n) is 8.35. The highest BCUT2D eigenvalue weighted by molar-refractivity contribution is 6.30. The fraction of sp³-hybridized carbons (Fsp3) is 0.611. The van der Waals surface area contributed by atoms with Crippen LogP contribution in [0.25, 0.3) is 0 Å². The summed E-state index contributed by atoms with van der Waals surface area (Å²) in [4.78, 5) is 38.7. The number of hydrogen-bond donors (Lipinski definition) is 0. The highest BCUT2D eigenvalue weighted by atomic mass is 35.5. The van der Waals surface area contributed by atoms with Crippen LogP contribution >= 0.6 is 11.6 Å². The van der Waals surface area contributed by atoms with Crippen molar-refractivity contribution in [3.63, 3.8) is 0 Å². The van der Waals surface area contributed by atoms with Gasteiger partial charge in [0.2, 0.25) is 5.91 Å². The molecule has 1 atom stereocenters. The van der Waals surface area contributed by atoms with Gasteiger partial charge in [-0.05, 0) is 47.1 Å². The fourth-order valence-corrected chi connectivity index (χ4v) is 2.98. The summed E-state index contributed by atoms with van der Waals surface area (Å²) in [6, 6.07) is -0.161. The number of ketones is 1. The summed E-state index contributed by atoms with van der Waals surface area (Å²) < 4.78 is 6.73. The van der Waals surface area contributed by atoms with E-state index in [1.165, 1.54) is 4.90 Å². The Kier molecular flexibility index (Phi) is 7.23. The summed E-state index contributed by atoms with van der Waals surface area (Å²) in [5.41, 5.74) is 2.04. The Hall–Kier alpha value is -1.82. The summed E-state index contributed by atoms with van der Waals surface area (Å²) in [5.74, 6) is -0.974. The molecule has 0 unspecified atom stereocenters. The standard InChI is InChI=1S/C18H27ClN2O4/c1-8-25-18(24)16-11(4)15(13(6)20(16)7)14(22)9-21(10(2)3)17(23)12(5)19/h10,12H,8-9H2,1-7H3/t12-/m1/s1. The van der Waals surface area contributed by atoms with Gasteiger partial charge in [0.15, 0.2) is 5.78 Å². The number of amides is 1. The first-order chi connectivity index (χ1) is 11.5. The monoisotopic (exact) mass is 370 g/mol. The number of hydrogen-bond acceptors (Lipinski definition) is 4. The first kappa shape index (κ1) is 21.2. The Labute approximate surface area is 154 Å². The van der Waals surface area contributed by atoms with Gasteiger partial charge in [0.25, 0.3) is 0 Å². The van der Waals surface area contributed by atoms with Crippen LogP contribution in [-0.2, 0) is 16.6 Å². The van der Waals surface area contributed by atoms with E-state index in [-0.39, 0.29) is 30.9 Å². The number of nitrogens with zero attached hydrogens (tertiary/aromatic N) is 2. The molecule has 0 N–H and O–H groups in total. The lowest BCUT2D eigenvalue weighted by Gasteiger charge is -2.27. The highest BCUT2D eigenvalue weighted by Gasteiger charge is 2.29. The average molecular weight is 371 g/mol. The Morgan fingerprint density at radius 1 is 1.20 bits per heavy atom. The van der Waals surface area contributed by atoms with Crippen molar-refractivity contribution in [3.8, 4) is 0 Å². The van der Waals surface area contributed by atoms with Gasteiger partial charge < -0.3 is 14.2 Å². The molecule has 6 nitrogen and oxygen atoms in total. The third-order valence-electron chi connectivity index (χ3n) is 4.24. The van der Waals surface area contributed by atoms with E-state index in [1.54, 1.807) is 39.3 Å². The third-order valence-corrected chi connectivity index (χ3v) is 4.43. The van der Waals surface area contributed by atoms with E-state index in [4.69, 9.17) is 16.3 Å². The lowest BCUT2D eigenvalue weighted by Crippen LogP contribution is -2.44. The summed E-state index contributed by atoms with van der Waals surface area (Å²) in [7, 11) is 1.72. The van der Waals surface area contributed by atoms with Crippen molar-refractivity contribution in [1.29, 1.82) is 0 Å². The van der Waals surface area contributed by atoms with E-state index < -0.39 is 11.3 Å². The zero-order valence-corrected chi connectivity index (χ0v) is 16.7. The number of ether oxygens (including phenoxy) is 1. The molecule has 0 aliphatic rings. The zero-order chi connectivity index (χ0) is 19.5. The smallest absolute Gasteiger partial charge is 0.355 e. The van der Waals surface area contributed by atoms with Crippen LogP contribution < -0.4 is 0 Å². The molecule has 1 heterocycles. The van der Waals surface area contributed by atoms with E-state index in [9.17, 15) is 14.4 Å². The minimum absolute atomic E-state index is 0.0818. The number of halogens is 1. The molecule has 1 aromatic heterocycles. The predicted molar refractivity (Wildman–Crippen MR) is 97.3 cm³/mol. The SMILES string of the molecule is CCOC(=O)c1c(C)c(C(=O)CN(C(=O)[C@@H](C)Cl)C(C)C)c(C)n1C. The zero-order valence-electron chi connectivity index (χ0n) is 16.0. The van der Waals surface area contributed by atoms with Crippen LogP contribution in [0.15, 0.2) is 0 Å². The normalized spacial score (nSPS) is 12.2. The van der Waals surface area contributed by atoms with Gasteiger partial charge in [-0.15, -0.1) is 11.6 Å². The minimum Gasteiger partial charge on any atom is -0.461 e. The minimum atomic E-state index is -0.705. The molecule has 0 aromatic carbocycles. The molecule has 1 rings (SSSR count). The maximum absolute atomic E-state index is 12.9. The molecule has 0 aliphatic heterocycles. The molecular weight excluding hydrogens is 344 g/mol. The van der Waals surface area contributed by atoms with Gasteiger partial charge >= 0.3 is 5.97 Å². The molecular formula is C18H27ClN2O4. The Bertz CT molecular complexity index is 677. The lowest BCUT2D eigenvalue weighted by atomic mass is 10.0. The van der Waals surface area contributed by atoms with Crippen LogP contribution in [-0.4, -0.2) is 51.7 Å². The van der Waals surface area contributed by atoms with Crippen molar-refractivity contribution in [3.05, 3.63) is 22.5 Å². The molecule has 0 saturated heterocycles. The number of Topliss-reactive ketones (excluding diaryl/α,β-unsaturated/α-hetero) is 1. The van der Waals surface area contributed by atoms with Crippen molar-refractivity contribution < 1.29 is 19.1 Å². The van der Waals surface area contributed by atoms with Crippen molar-refractivity contribution in [2.45, 2.75) is 53.0 Å². The number of aromatic nitrogens is 1. The summed E-state index contributed by atoms with van der Waals surface area (Å²) in [6.07, 6.45) is 0. The first-order valence-corrected chi connectivity index (χ1v) is 8.78. The van der Waals surface area contributed by atoms with Crippen LogP contribution in [0.1, 0.15) is 59.8 Å². The average Bonchev–Trinajstić information content (AvgIpc) is 2.73. The molecule has 140 valence electrons. The molecule has 0 saturated carbocycles. The van der Waals surface area contributed by atoms with E-state index in [2.05, 4.69) is 0 Å². The highest BCUT2D eigenvalue weighted by Crippen LogP contribution is 2.23. The summed E-state index contributed by atoms with van der Waals surface area (Å²) >= 11 is 5.90. The number of esters is 1. The second kappa shape index (κ2) is 8.52. The van der Waals surface area contributed by atoms with Crippen LogP contribution in [0, 0.1) is 13.8 Å². The molecule has 1 amide bonds. The quantitative estimate of drug-likeness (QED) is 0.420.